The Labute approximate surface area is 102 Å². The van der Waals surface area contributed by atoms with Crippen molar-refractivity contribution in [2.24, 2.45) is 5.92 Å². The lowest BCUT2D eigenvalue weighted by molar-refractivity contribution is -0.147. The third kappa shape index (κ3) is 4.73. The molecule has 0 radical (unpaired) electrons. The van der Waals surface area contributed by atoms with Gasteiger partial charge in [-0.25, -0.2) is 0 Å². The van der Waals surface area contributed by atoms with Gasteiger partial charge in [0.05, 0.1) is 19.6 Å². The zero-order chi connectivity index (χ0) is 12.7. The van der Waals surface area contributed by atoms with E-state index in [0.717, 1.165) is 19.3 Å². The molecule has 17 heavy (non-hydrogen) atoms. The number of rotatable bonds is 5. The third-order valence-corrected chi connectivity index (χ3v) is 3.05. The highest BCUT2D eigenvalue weighted by atomic mass is 16.5. The fourth-order valence-corrected chi connectivity index (χ4v) is 2.05. The average molecular weight is 243 g/mol. The Morgan fingerprint density at radius 2 is 2.12 bits per heavy atom. The maximum Gasteiger partial charge on any atom is 0.309 e. The van der Waals surface area contributed by atoms with Crippen LogP contribution in [0.15, 0.2) is 0 Å². The molecule has 0 unspecified atom stereocenters. The minimum Gasteiger partial charge on any atom is -0.469 e. The van der Waals surface area contributed by atoms with Crippen LogP contribution in [0, 0.1) is 5.92 Å². The van der Waals surface area contributed by atoms with Gasteiger partial charge in [-0.3, -0.25) is 9.59 Å². The second-order valence-electron chi connectivity index (χ2n) is 4.25. The summed E-state index contributed by atoms with van der Waals surface area (Å²) < 4.78 is 9.57. The number of carbonyl (C=O) groups excluding carboxylic acids is 2. The normalized spacial score (nSPS) is 24.1. The van der Waals surface area contributed by atoms with Crippen LogP contribution in [-0.2, 0) is 19.1 Å². The quantitative estimate of drug-likeness (QED) is 0.726. The topological polar surface area (TPSA) is 64.6 Å². The number of carbonyl (C=O) groups is 2. The zero-order valence-electron chi connectivity index (χ0n) is 10.5. The van der Waals surface area contributed by atoms with Gasteiger partial charge in [0.15, 0.2) is 0 Å². The molecule has 1 aliphatic rings. The molecule has 0 amide bonds. The number of methoxy groups -OCH3 is 1. The summed E-state index contributed by atoms with van der Waals surface area (Å²) >= 11 is 0. The Bertz CT molecular complexity index is 259. The first-order valence-corrected chi connectivity index (χ1v) is 6.14. The molecule has 0 aromatic carbocycles. The van der Waals surface area contributed by atoms with Gasteiger partial charge in [-0.05, 0) is 26.2 Å². The molecule has 1 rings (SSSR count). The molecule has 1 aliphatic heterocycles. The summed E-state index contributed by atoms with van der Waals surface area (Å²) in [5.41, 5.74) is 0. The number of hydrogen-bond acceptors (Lipinski definition) is 5. The van der Waals surface area contributed by atoms with Gasteiger partial charge < -0.3 is 14.8 Å². The van der Waals surface area contributed by atoms with E-state index in [1.54, 1.807) is 6.92 Å². The van der Waals surface area contributed by atoms with E-state index in [1.165, 1.54) is 7.11 Å². The third-order valence-electron chi connectivity index (χ3n) is 3.05. The summed E-state index contributed by atoms with van der Waals surface area (Å²) in [5.74, 6) is -0.343. The van der Waals surface area contributed by atoms with Crippen molar-refractivity contribution in [2.75, 3.05) is 20.3 Å². The second-order valence-corrected chi connectivity index (χ2v) is 4.25. The molecule has 0 bridgehead atoms. The van der Waals surface area contributed by atoms with Crippen molar-refractivity contribution in [1.29, 1.82) is 0 Å². The standard InChI is InChI=1S/C12H21NO4/c1-3-17-11(14)7-6-10-5-4-9(8-13-10)12(15)16-2/h9-10,13H,3-8H2,1-2H3/t9-,10-/m1/s1. The Balaban J connectivity index is 2.19. The van der Waals surface area contributed by atoms with Crippen LogP contribution in [0.1, 0.15) is 32.6 Å². The van der Waals surface area contributed by atoms with Crippen LogP contribution < -0.4 is 5.32 Å². The molecule has 0 aromatic heterocycles. The summed E-state index contributed by atoms with van der Waals surface area (Å²) in [6.07, 6.45) is 2.94. The van der Waals surface area contributed by atoms with Crippen molar-refractivity contribution >= 4 is 11.9 Å². The van der Waals surface area contributed by atoms with Crippen molar-refractivity contribution in [3.63, 3.8) is 0 Å². The minimum absolute atomic E-state index is 0.0427. The molecule has 5 heteroatoms. The molecular weight excluding hydrogens is 222 g/mol. The van der Waals surface area contributed by atoms with Crippen LogP contribution >= 0.6 is 0 Å². The SMILES string of the molecule is CCOC(=O)CC[C@H]1CC[C@@H](C(=O)OC)CN1. The van der Waals surface area contributed by atoms with Crippen molar-refractivity contribution in [3.05, 3.63) is 0 Å². The first-order chi connectivity index (χ1) is 8.17. The van der Waals surface area contributed by atoms with E-state index in [0.29, 0.717) is 25.6 Å². The number of piperidine rings is 1. The Kier molecular flexibility index (Phi) is 5.97. The smallest absolute Gasteiger partial charge is 0.309 e. The van der Waals surface area contributed by atoms with Gasteiger partial charge in [0.25, 0.3) is 0 Å². The van der Waals surface area contributed by atoms with Crippen molar-refractivity contribution < 1.29 is 19.1 Å². The molecule has 2 atom stereocenters. The largest absolute Gasteiger partial charge is 0.469 e. The van der Waals surface area contributed by atoms with Gasteiger partial charge >= 0.3 is 11.9 Å². The predicted molar refractivity (Wildman–Crippen MR) is 62.4 cm³/mol. The van der Waals surface area contributed by atoms with Gasteiger partial charge in [-0.15, -0.1) is 0 Å². The van der Waals surface area contributed by atoms with Gasteiger partial charge in [-0.2, -0.15) is 0 Å². The van der Waals surface area contributed by atoms with E-state index in [-0.39, 0.29) is 17.9 Å². The molecule has 0 saturated carbocycles. The molecule has 1 N–H and O–H groups in total. The molecule has 0 aliphatic carbocycles. The lowest BCUT2D eigenvalue weighted by atomic mass is 9.92. The lowest BCUT2D eigenvalue weighted by Crippen LogP contribution is -2.42. The Morgan fingerprint density at radius 1 is 1.35 bits per heavy atom. The second kappa shape index (κ2) is 7.27. The highest BCUT2D eigenvalue weighted by molar-refractivity contribution is 5.72. The monoisotopic (exact) mass is 243 g/mol. The number of nitrogens with one attached hydrogen (secondary N) is 1. The molecule has 0 spiro atoms. The molecule has 0 aromatic rings. The van der Waals surface area contributed by atoms with Crippen LogP contribution in [0.25, 0.3) is 0 Å². The van der Waals surface area contributed by atoms with Gasteiger partial charge in [-0.1, -0.05) is 0 Å². The fourth-order valence-electron chi connectivity index (χ4n) is 2.05. The van der Waals surface area contributed by atoms with E-state index >= 15 is 0 Å². The summed E-state index contributed by atoms with van der Waals surface area (Å²) in [5, 5.41) is 3.27. The number of ether oxygens (including phenoxy) is 2. The maximum absolute atomic E-state index is 11.3. The van der Waals surface area contributed by atoms with Crippen molar-refractivity contribution in [1.82, 2.24) is 5.32 Å². The van der Waals surface area contributed by atoms with Gasteiger partial charge in [0, 0.05) is 19.0 Å². The molecule has 1 saturated heterocycles. The number of hydrogen-bond donors (Lipinski definition) is 1. The highest BCUT2D eigenvalue weighted by Crippen LogP contribution is 2.18. The van der Waals surface area contributed by atoms with Crippen LogP contribution in [0.5, 0.6) is 0 Å². The minimum atomic E-state index is -0.152. The highest BCUT2D eigenvalue weighted by Gasteiger charge is 2.26. The molecule has 1 fully saturated rings. The van der Waals surface area contributed by atoms with E-state index < -0.39 is 0 Å². The van der Waals surface area contributed by atoms with Crippen molar-refractivity contribution in [3.8, 4) is 0 Å². The average Bonchev–Trinajstić information content (AvgIpc) is 2.36. The number of esters is 2. The Hall–Kier alpha value is -1.10. The molecule has 1 heterocycles. The summed E-state index contributed by atoms with van der Waals surface area (Å²) in [6, 6.07) is 0.306. The Morgan fingerprint density at radius 3 is 2.65 bits per heavy atom. The maximum atomic E-state index is 11.3. The molecular formula is C12H21NO4. The summed E-state index contributed by atoms with van der Waals surface area (Å²) in [7, 11) is 1.41. The van der Waals surface area contributed by atoms with Gasteiger partial charge in [0.2, 0.25) is 0 Å². The van der Waals surface area contributed by atoms with Gasteiger partial charge in [0.1, 0.15) is 0 Å². The van der Waals surface area contributed by atoms with Crippen LogP contribution in [-0.4, -0.2) is 38.2 Å². The van der Waals surface area contributed by atoms with Crippen LogP contribution in [0.3, 0.4) is 0 Å². The van der Waals surface area contributed by atoms with E-state index in [9.17, 15) is 9.59 Å². The predicted octanol–water partition coefficient (Wildman–Crippen LogP) is 0.871. The van der Waals surface area contributed by atoms with Crippen LogP contribution in [0.2, 0.25) is 0 Å². The van der Waals surface area contributed by atoms with E-state index in [4.69, 9.17) is 9.47 Å². The first-order valence-electron chi connectivity index (χ1n) is 6.14. The lowest BCUT2D eigenvalue weighted by Gasteiger charge is -2.28. The zero-order valence-corrected chi connectivity index (χ0v) is 10.5. The first kappa shape index (κ1) is 14.0. The molecule has 5 nitrogen and oxygen atoms in total. The molecule has 98 valence electrons. The fraction of sp³-hybridized carbons (Fsp3) is 0.833. The van der Waals surface area contributed by atoms with Crippen molar-refractivity contribution in [2.45, 2.75) is 38.6 Å². The summed E-state index contributed by atoms with van der Waals surface area (Å²) in [6.45, 7) is 2.87. The van der Waals surface area contributed by atoms with E-state index in [1.807, 2.05) is 0 Å². The summed E-state index contributed by atoms with van der Waals surface area (Å²) in [4.78, 5) is 22.5. The van der Waals surface area contributed by atoms with E-state index in [2.05, 4.69) is 5.32 Å². The van der Waals surface area contributed by atoms with Crippen LogP contribution in [0.4, 0.5) is 0 Å².